The number of aromatic nitrogens is 6. The molecule has 7 heteroatoms. The number of nitrogens with zero attached hydrogens (tertiary/aromatic N) is 4. The molecule has 2 aromatic heterocycles. The summed E-state index contributed by atoms with van der Waals surface area (Å²) >= 11 is 0. The maximum Gasteiger partial charge on any atom is 0.343 e. The second-order valence-electron chi connectivity index (χ2n) is 2.62. The summed E-state index contributed by atoms with van der Waals surface area (Å²) in [4.78, 5) is 15.1. The molecule has 0 saturated heterocycles. The Morgan fingerprint density at radius 2 is 2.31 bits per heavy atom. The van der Waals surface area contributed by atoms with E-state index in [1.165, 1.54) is 17.2 Å². The van der Waals surface area contributed by atoms with Gasteiger partial charge in [0.2, 0.25) is 0 Å². The van der Waals surface area contributed by atoms with Gasteiger partial charge < -0.3 is 0 Å². The molecule has 2 N–H and O–H groups in total. The van der Waals surface area contributed by atoms with Gasteiger partial charge in [-0.1, -0.05) is 0 Å². The van der Waals surface area contributed by atoms with E-state index in [1.807, 2.05) is 6.92 Å². The SMILES string of the molecule is CC(c1ncn[nH]1)n1cn[nH]c1=O. The van der Waals surface area contributed by atoms with Crippen molar-refractivity contribution < 1.29 is 0 Å². The van der Waals surface area contributed by atoms with Crippen molar-refractivity contribution in [3.63, 3.8) is 0 Å². The standard InChI is InChI=1S/C6H8N6O/c1-4(5-7-2-8-10-5)12-3-9-11-6(12)13/h2-4H,1H3,(H,11,13)(H,7,8,10). The Morgan fingerprint density at radius 1 is 1.46 bits per heavy atom. The second kappa shape index (κ2) is 2.85. The molecule has 0 aliphatic rings. The number of hydrogen-bond donors (Lipinski definition) is 2. The summed E-state index contributed by atoms with van der Waals surface area (Å²) in [5.41, 5.74) is -0.260. The van der Waals surface area contributed by atoms with E-state index < -0.39 is 0 Å². The molecule has 0 aromatic carbocycles. The monoisotopic (exact) mass is 180 g/mol. The molecule has 7 nitrogen and oxygen atoms in total. The van der Waals surface area contributed by atoms with Crippen LogP contribution < -0.4 is 5.69 Å². The van der Waals surface area contributed by atoms with E-state index in [4.69, 9.17) is 0 Å². The third kappa shape index (κ3) is 1.24. The largest absolute Gasteiger partial charge is 0.343 e. The van der Waals surface area contributed by atoms with Crippen LogP contribution in [0.2, 0.25) is 0 Å². The summed E-state index contributed by atoms with van der Waals surface area (Å²) in [6.07, 6.45) is 2.83. The highest BCUT2D eigenvalue weighted by Gasteiger charge is 2.12. The Morgan fingerprint density at radius 3 is 2.85 bits per heavy atom. The number of aromatic amines is 2. The highest BCUT2D eigenvalue weighted by molar-refractivity contribution is 4.92. The van der Waals surface area contributed by atoms with Crippen LogP contribution in [-0.4, -0.2) is 29.9 Å². The fraction of sp³-hybridized carbons (Fsp3) is 0.333. The minimum Gasteiger partial charge on any atom is -0.271 e. The number of rotatable bonds is 2. The summed E-state index contributed by atoms with van der Waals surface area (Å²) in [6.45, 7) is 1.83. The number of nitrogens with one attached hydrogen (secondary N) is 2. The average Bonchev–Trinajstić information content (AvgIpc) is 2.72. The smallest absolute Gasteiger partial charge is 0.271 e. The van der Waals surface area contributed by atoms with Crippen LogP contribution in [0.15, 0.2) is 17.4 Å². The van der Waals surface area contributed by atoms with Crippen molar-refractivity contribution in [2.45, 2.75) is 13.0 Å². The van der Waals surface area contributed by atoms with E-state index in [9.17, 15) is 4.79 Å². The Hall–Kier alpha value is -1.92. The lowest BCUT2D eigenvalue weighted by atomic mass is 10.3. The third-order valence-electron chi connectivity index (χ3n) is 1.82. The minimum atomic E-state index is -0.260. The number of hydrogen-bond acceptors (Lipinski definition) is 4. The van der Waals surface area contributed by atoms with E-state index in [0.29, 0.717) is 5.82 Å². The van der Waals surface area contributed by atoms with Gasteiger partial charge in [0.25, 0.3) is 0 Å². The van der Waals surface area contributed by atoms with Crippen LogP contribution in [0.3, 0.4) is 0 Å². The molecule has 0 aliphatic heterocycles. The average molecular weight is 180 g/mol. The first-order valence-electron chi connectivity index (χ1n) is 3.76. The first kappa shape index (κ1) is 7.71. The molecule has 13 heavy (non-hydrogen) atoms. The maximum atomic E-state index is 11.1. The zero-order valence-corrected chi connectivity index (χ0v) is 6.93. The molecule has 0 fully saturated rings. The van der Waals surface area contributed by atoms with Crippen LogP contribution in [0.4, 0.5) is 0 Å². The van der Waals surface area contributed by atoms with E-state index in [1.54, 1.807) is 0 Å². The van der Waals surface area contributed by atoms with Crippen LogP contribution in [0, 0.1) is 0 Å². The van der Waals surface area contributed by atoms with Gasteiger partial charge in [-0.2, -0.15) is 10.2 Å². The lowest BCUT2D eigenvalue weighted by molar-refractivity contribution is 0.582. The quantitative estimate of drug-likeness (QED) is 0.639. The minimum absolute atomic E-state index is 0.186. The molecule has 0 amide bonds. The Kier molecular flexibility index (Phi) is 1.69. The van der Waals surface area contributed by atoms with E-state index >= 15 is 0 Å². The van der Waals surface area contributed by atoms with Crippen LogP contribution in [0.25, 0.3) is 0 Å². The van der Waals surface area contributed by atoms with Crippen molar-refractivity contribution in [1.29, 1.82) is 0 Å². The third-order valence-corrected chi connectivity index (χ3v) is 1.82. The molecule has 0 bridgehead atoms. The zero-order valence-electron chi connectivity index (χ0n) is 6.93. The van der Waals surface area contributed by atoms with Gasteiger partial charge in [0, 0.05) is 0 Å². The van der Waals surface area contributed by atoms with Crippen molar-refractivity contribution in [3.05, 3.63) is 29.0 Å². The van der Waals surface area contributed by atoms with Gasteiger partial charge in [0.1, 0.15) is 18.5 Å². The van der Waals surface area contributed by atoms with Crippen LogP contribution >= 0.6 is 0 Å². The Labute approximate surface area is 72.8 Å². The summed E-state index contributed by atoms with van der Waals surface area (Å²) in [7, 11) is 0. The van der Waals surface area contributed by atoms with Crippen LogP contribution in [-0.2, 0) is 0 Å². The van der Waals surface area contributed by atoms with E-state index in [-0.39, 0.29) is 11.7 Å². The van der Waals surface area contributed by atoms with Gasteiger partial charge in [-0.25, -0.2) is 14.9 Å². The highest BCUT2D eigenvalue weighted by atomic mass is 16.1. The molecule has 1 unspecified atom stereocenters. The molecular weight excluding hydrogens is 172 g/mol. The normalized spacial score (nSPS) is 13.0. The molecule has 68 valence electrons. The Bertz CT molecular complexity index is 426. The molecule has 1 atom stereocenters. The molecule has 0 radical (unpaired) electrons. The van der Waals surface area contributed by atoms with Crippen molar-refractivity contribution in [2.75, 3.05) is 0 Å². The van der Waals surface area contributed by atoms with Gasteiger partial charge in [0.05, 0.1) is 6.04 Å². The van der Waals surface area contributed by atoms with Crippen molar-refractivity contribution in [1.82, 2.24) is 29.9 Å². The molecular formula is C6H8N6O. The molecule has 0 spiro atoms. The predicted octanol–water partition coefficient (Wildman–Crippen LogP) is -0.701. The van der Waals surface area contributed by atoms with Crippen molar-refractivity contribution in [3.8, 4) is 0 Å². The Balaban J connectivity index is 2.39. The fourth-order valence-electron chi connectivity index (χ4n) is 1.08. The van der Waals surface area contributed by atoms with E-state index in [2.05, 4.69) is 25.4 Å². The fourth-order valence-corrected chi connectivity index (χ4v) is 1.08. The van der Waals surface area contributed by atoms with Gasteiger partial charge >= 0.3 is 5.69 Å². The number of H-pyrrole nitrogens is 2. The maximum absolute atomic E-state index is 11.1. The van der Waals surface area contributed by atoms with Crippen molar-refractivity contribution >= 4 is 0 Å². The molecule has 2 aromatic rings. The van der Waals surface area contributed by atoms with E-state index in [0.717, 1.165) is 0 Å². The molecule has 0 aliphatic carbocycles. The van der Waals surface area contributed by atoms with Gasteiger partial charge in [-0.15, -0.1) is 0 Å². The lowest BCUT2D eigenvalue weighted by Gasteiger charge is -2.06. The molecule has 0 saturated carbocycles. The zero-order chi connectivity index (χ0) is 9.26. The highest BCUT2D eigenvalue weighted by Crippen LogP contribution is 2.07. The summed E-state index contributed by atoms with van der Waals surface area (Å²) in [5, 5.41) is 12.3. The predicted molar refractivity (Wildman–Crippen MR) is 43.0 cm³/mol. The summed E-state index contributed by atoms with van der Waals surface area (Å²) in [5.74, 6) is 0.628. The van der Waals surface area contributed by atoms with Crippen LogP contribution in [0.1, 0.15) is 18.8 Å². The first-order valence-corrected chi connectivity index (χ1v) is 3.76. The van der Waals surface area contributed by atoms with Gasteiger partial charge in [0.15, 0.2) is 0 Å². The van der Waals surface area contributed by atoms with Gasteiger partial charge in [-0.3, -0.25) is 9.67 Å². The first-order chi connectivity index (χ1) is 6.29. The van der Waals surface area contributed by atoms with Crippen LogP contribution in [0.5, 0.6) is 0 Å². The topological polar surface area (TPSA) is 92.2 Å². The van der Waals surface area contributed by atoms with Crippen molar-refractivity contribution in [2.24, 2.45) is 0 Å². The summed E-state index contributed by atoms with van der Waals surface area (Å²) in [6, 6.07) is -0.186. The van der Waals surface area contributed by atoms with Gasteiger partial charge in [-0.05, 0) is 6.92 Å². The summed E-state index contributed by atoms with van der Waals surface area (Å²) < 4.78 is 1.43. The molecule has 2 rings (SSSR count). The lowest BCUT2D eigenvalue weighted by Crippen LogP contribution is -2.21. The molecule has 2 heterocycles. The second-order valence-corrected chi connectivity index (χ2v) is 2.62.